The zero-order valence-corrected chi connectivity index (χ0v) is 12.3. The van der Waals surface area contributed by atoms with Crippen molar-refractivity contribution in [2.45, 2.75) is 50.6 Å². The summed E-state index contributed by atoms with van der Waals surface area (Å²) in [5, 5.41) is 6.54. The second kappa shape index (κ2) is 6.32. The Hall–Kier alpha value is -1.79. The SMILES string of the molecule is C#Cc1cccc(NC(=O)C2CCC3CCCCC3N2)c1. The molecule has 3 nitrogen and oxygen atoms in total. The molecule has 2 fully saturated rings. The van der Waals surface area contributed by atoms with E-state index >= 15 is 0 Å². The van der Waals surface area contributed by atoms with Gasteiger partial charge in [0.2, 0.25) is 5.91 Å². The topological polar surface area (TPSA) is 41.1 Å². The van der Waals surface area contributed by atoms with Crippen LogP contribution in [0.4, 0.5) is 5.69 Å². The highest BCUT2D eigenvalue weighted by Crippen LogP contribution is 2.32. The van der Waals surface area contributed by atoms with Crippen molar-refractivity contribution in [2.24, 2.45) is 5.92 Å². The molecule has 1 amide bonds. The van der Waals surface area contributed by atoms with E-state index in [4.69, 9.17) is 6.42 Å². The van der Waals surface area contributed by atoms with E-state index in [-0.39, 0.29) is 11.9 Å². The molecule has 110 valence electrons. The number of rotatable bonds is 2. The summed E-state index contributed by atoms with van der Waals surface area (Å²) < 4.78 is 0. The number of carbonyl (C=O) groups is 1. The van der Waals surface area contributed by atoms with E-state index in [0.29, 0.717) is 6.04 Å². The van der Waals surface area contributed by atoms with Gasteiger partial charge in [0.15, 0.2) is 0 Å². The van der Waals surface area contributed by atoms with Crippen LogP contribution in [0.5, 0.6) is 0 Å². The lowest BCUT2D eigenvalue weighted by atomic mass is 9.77. The van der Waals surface area contributed by atoms with Gasteiger partial charge in [0.25, 0.3) is 0 Å². The average Bonchev–Trinajstić information content (AvgIpc) is 2.54. The van der Waals surface area contributed by atoms with Gasteiger partial charge in [-0.05, 0) is 49.8 Å². The zero-order chi connectivity index (χ0) is 14.7. The van der Waals surface area contributed by atoms with E-state index in [1.165, 1.54) is 32.1 Å². The van der Waals surface area contributed by atoms with Crippen molar-refractivity contribution >= 4 is 11.6 Å². The maximum absolute atomic E-state index is 12.4. The van der Waals surface area contributed by atoms with E-state index < -0.39 is 0 Å². The highest BCUT2D eigenvalue weighted by Gasteiger charge is 2.34. The minimum atomic E-state index is -0.0705. The predicted molar refractivity (Wildman–Crippen MR) is 84.9 cm³/mol. The maximum Gasteiger partial charge on any atom is 0.241 e. The molecule has 0 bridgehead atoms. The van der Waals surface area contributed by atoms with Crippen LogP contribution in [0.15, 0.2) is 24.3 Å². The molecule has 2 N–H and O–H groups in total. The molecule has 1 aromatic rings. The highest BCUT2D eigenvalue weighted by atomic mass is 16.2. The Bertz CT molecular complexity index is 561. The van der Waals surface area contributed by atoms with Crippen molar-refractivity contribution in [3.63, 3.8) is 0 Å². The van der Waals surface area contributed by atoms with Gasteiger partial charge in [0, 0.05) is 17.3 Å². The lowest BCUT2D eigenvalue weighted by Crippen LogP contribution is -2.53. The number of nitrogens with one attached hydrogen (secondary N) is 2. The van der Waals surface area contributed by atoms with E-state index in [0.717, 1.165) is 23.6 Å². The van der Waals surface area contributed by atoms with Gasteiger partial charge < -0.3 is 10.6 Å². The van der Waals surface area contributed by atoms with Gasteiger partial charge in [-0.25, -0.2) is 0 Å². The summed E-state index contributed by atoms with van der Waals surface area (Å²) in [5.74, 6) is 3.42. The third kappa shape index (κ3) is 3.28. The molecule has 0 aromatic heterocycles. The summed E-state index contributed by atoms with van der Waals surface area (Å²) in [6.07, 6.45) is 12.6. The van der Waals surface area contributed by atoms with Crippen LogP contribution in [0.1, 0.15) is 44.1 Å². The smallest absolute Gasteiger partial charge is 0.241 e. The largest absolute Gasteiger partial charge is 0.325 e. The van der Waals surface area contributed by atoms with Gasteiger partial charge in [-0.15, -0.1) is 6.42 Å². The average molecular weight is 282 g/mol. The molecule has 1 aromatic carbocycles. The van der Waals surface area contributed by atoms with E-state index in [9.17, 15) is 4.79 Å². The summed E-state index contributed by atoms with van der Waals surface area (Å²) in [6.45, 7) is 0. The molecule has 2 aliphatic rings. The molecule has 1 saturated heterocycles. The molecule has 1 aliphatic carbocycles. The summed E-state index contributed by atoms with van der Waals surface area (Å²) in [4.78, 5) is 12.4. The van der Waals surface area contributed by atoms with E-state index in [1.54, 1.807) is 0 Å². The van der Waals surface area contributed by atoms with Gasteiger partial charge >= 0.3 is 0 Å². The number of carbonyl (C=O) groups excluding carboxylic acids is 1. The van der Waals surface area contributed by atoms with Crippen LogP contribution >= 0.6 is 0 Å². The van der Waals surface area contributed by atoms with Crippen LogP contribution in [0.2, 0.25) is 0 Å². The molecule has 1 saturated carbocycles. The molecule has 0 radical (unpaired) electrons. The first-order valence-electron chi connectivity index (χ1n) is 7.90. The monoisotopic (exact) mass is 282 g/mol. The molecule has 0 spiro atoms. The Labute approximate surface area is 126 Å². The number of hydrogen-bond donors (Lipinski definition) is 2. The third-order valence-electron chi connectivity index (χ3n) is 4.76. The Balaban J connectivity index is 1.61. The third-order valence-corrected chi connectivity index (χ3v) is 4.76. The number of terminal acetylenes is 1. The first-order chi connectivity index (χ1) is 10.3. The van der Waals surface area contributed by atoms with Gasteiger partial charge in [-0.1, -0.05) is 24.8 Å². The van der Waals surface area contributed by atoms with Gasteiger partial charge in [-0.2, -0.15) is 0 Å². The molecule has 1 aliphatic heterocycles. The number of piperidine rings is 1. The number of benzene rings is 1. The first kappa shape index (κ1) is 14.2. The fourth-order valence-corrected chi connectivity index (χ4v) is 3.62. The maximum atomic E-state index is 12.4. The van der Waals surface area contributed by atoms with Crippen LogP contribution in [0.25, 0.3) is 0 Å². The van der Waals surface area contributed by atoms with Crippen LogP contribution in [-0.4, -0.2) is 18.0 Å². The summed E-state index contributed by atoms with van der Waals surface area (Å²) >= 11 is 0. The Morgan fingerprint density at radius 1 is 1.24 bits per heavy atom. The van der Waals surface area contributed by atoms with Crippen molar-refractivity contribution < 1.29 is 4.79 Å². The van der Waals surface area contributed by atoms with Crippen molar-refractivity contribution in [1.82, 2.24) is 5.32 Å². The first-order valence-corrected chi connectivity index (χ1v) is 7.90. The van der Waals surface area contributed by atoms with Crippen molar-refractivity contribution in [2.75, 3.05) is 5.32 Å². The molecule has 3 heteroatoms. The second-order valence-corrected chi connectivity index (χ2v) is 6.16. The van der Waals surface area contributed by atoms with Crippen LogP contribution in [0.3, 0.4) is 0 Å². The fourth-order valence-electron chi connectivity index (χ4n) is 3.62. The number of amides is 1. The van der Waals surface area contributed by atoms with Gasteiger partial charge in [-0.3, -0.25) is 4.79 Å². The van der Waals surface area contributed by atoms with Crippen molar-refractivity contribution in [3.8, 4) is 12.3 Å². The molecular weight excluding hydrogens is 260 g/mol. The Morgan fingerprint density at radius 3 is 2.95 bits per heavy atom. The summed E-state index contributed by atoms with van der Waals surface area (Å²) in [6, 6.07) is 7.91. The second-order valence-electron chi connectivity index (χ2n) is 6.16. The Morgan fingerprint density at radius 2 is 2.10 bits per heavy atom. The van der Waals surface area contributed by atoms with Crippen LogP contribution < -0.4 is 10.6 Å². The molecular formula is C18H22N2O. The highest BCUT2D eigenvalue weighted by molar-refractivity contribution is 5.95. The predicted octanol–water partition coefficient (Wildman–Crippen LogP) is 2.92. The molecule has 3 atom stereocenters. The normalized spacial score (nSPS) is 28.2. The summed E-state index contributed by atoms with van der Waals surface area (Å²) in [5.41, 5.74) is 1.57. The lowest BCUT2D eigenvalue weighted by Gasteiger charge is -2.39. The molecule has 3 rings (SSSR count). The quantitative estimate of drug-likeness (QED) is 0.819. The fraction of sp³-hybridized carbons (Fsp3) is 0.500. The number of anilines is 1. The van der Waals surface area contributed by atoms with Crippen molar-refractivity contribution in [3.05, 3.63) is 29.8 Å². The standard InChI is InChI=1S/C18H22N2O/c1-2-13-6-5-8-15(12-13)19-18(21)17-11-10-14-7-3-4-9-16(14)20-17/h1,5-6,8,12,14,16-17,20H,3-4,7,9-11H2,(H,19,21). The minimum Gasteiger partial charge on any atom is -0.325 e. The molecule has 21 heavy (non-hydrogen) atoms. The Kier molecular flexibility index (Phi) is 4.26. The molecule has 3 unspecified atom stereocenters. The number of fused-ring (bicyclic) bond motifs is 1. The summed E-state index contributed by atoms with van der Waals surface area (Å²) in [7, 11) is 0. The van der Waals surface area contributed by atoms with Gasteiger partial charge in [0.05, 0.1) is 6.04 Å². The van der Waals surface area contributed by atoms with E-state index in [1.807, 2.05) is 24.3 Å². The van der Waals surface area contributed by atoms with Crippen LogP contribution in [0, 0.1) is 18.3 Å². The van der Waals surface area contributed by atoms with Crippen LogP contribution in [-0.2, 0) is 4.79 Å². The van der Waals surface area contributed by atoms with Crippen molar-refractivity contribution in [1.29, 1.82) is 0 Å². The van der Waals surface area contributed by atoms with Gasteiger partial charge in [0.1, 0.15) is 0 Å². The minimum absolute atomic E-state index is 0.0631. The zero-order valence-electron chi connectivity index (χ0n) is 12.3. The van der Waals surface area contributed by atoms with E-state index in [2.05, 4.69) is 16.6 Å². The number of hydrogen-bond acceptors (Lipinski definition) is 2. The molecule has 1 heterocycles. The lowest BCUT2D eigenvalue weighted by molar-refractivity contribution is -0.119.